The van der Waals surface area contributed by atoms with Crippen molar-refractivity contribution in [2.75, 3.05) is 26.2 Å². The van der Waals surface area contributed by atoms with E-state index in [1.165, 1.54) is 45.4 Å². The van der Waals surface area contributed by atoms with Crippen LogP contribution in [0.25, 0.3) is 0 Å². The van der Waals surface area contributed by atoms with Crippen LogP contribution in [0.3, 0.4) is 0 Å². The number of rotatable bonds is 2. The maximum absolute atomic E-state index is 3.43. The van der Waals surface area contributed by atoms with E-state index < -0.39 is 0 Å². The van der Waals surface area contributed by atoms with Gasteiger partial charge in [-0.25, -0.2) is 0 Å². The van der Waals surface area contributed by atoms with Crippen molar-refractivity contribution < 1.29 is 0 Å². The van der Waals surface area contributed by atoms with E-state index in [2.05, 4.69) is 24.1 Å². The number of hydrogen-bond acceptors (Lipinski definition) is 2. The molecule has 0 spiro atoms. The van der Waals surface area contributed by atoms with E-state index in [-0.39, 0.29) is 0 Å². The molecule has 0 aliphatic carbocycles. The van der Waals surface area contributed by atoms with Crippen molar-refractivity contribution in [2.24, 2.45) is 5.92 Å². The van der Waals surface area contributed by atoms with Crippen molar-refractivity contribution in [2.45, 2.75) is 38.6 Å². The molecule has 2 nitrogen and oxygen atoms in total. The molecule has 0 radical (unpaired) electrons. The lowest BCUT2D eigenvalue weighted by atomic mass is 9.86. The van der Waals surface area contributed by atoms with Crippen LogP contribution in [0, 0.1) is 5.92 Å². The molecular formula is C11H22N2. The first-order valence-electron chi connectivity index (χ1n) is 5.64. The highest BCUT2D eigenvalue weighted by Crippen LogP contribution is 2.31. The monoisotopic (exact) mass is 182 g/mol. The predicted molar refractivity (Wildman–Crippen MR) is 55.9 cm³/mol. The highest BCUT2D eigenvalue weighted by Gasteiger charge is 2.36. The second-order valence-electron chi connectivity index (χ2n) is 5.20. The van der Waals surface area contributed by atoms with Gasteiger partial charge in [0.15, 0.2) is 0 Å². The summed E-state index contributed by atoms with van der Waals surface area (Å²) in [7, 11) is 0. The summed E-state index contributed by atoms with van der Waals surface area (Å²) in [5.41, 5.74) is 0.505. The summed E-state index contributed by atoms with van der Waals surface area (Å²) >= 11 is 0. The Morgan fingerprint density at radius 1 is 1.31 bits per heavy atom. The van der Waals surface area contributed by atoms with E-state index in [0.717, 1.165) is 5.92 Å². The zero-order chi connectivity index (χ0) is 9.31. The van der Waals surface area contributed by atoms with Gasteiger partial charge in [0.25, 0.3) is 0 Å². The molecule has 0 aromatic heterocycles. The normalized spacial score (nSPS) is 30.0. The molecule has 2 aliphatic heterocycles. The summed E-state index contributed by atoms with van der Waals surface area (Å²) in [5.74, 6) is 0.959. The van der Waals surface area contributed by atoms with Crippen LogP contribution in [0.15, 0.2) is 0 Å². The molecule has 0 amide bonds. The summed E-state index contributed by atoms with van der Waals surface area (Å²) in [6.07, 6.45) is 4.15. The maximum atomic E-state index is 3.43. The fourth-order valence-electron chi connectivity index (χ4n) is 2.43. The third-order valence-corrected chi connectivity index (χ3v) is 3.79. The van der Waals surface area contributed by atoms with Crippen LogP contribution in [0.4, 0.5) is 0 Å². The molecule has 2 aliphatic rings. The highest BCUT2D eigenvalue weighted by molar-refractivity contribution is 4.93. The van der Waals surface area contributed by atoms with Crippen molar-refractivity contribution in [3.63, 3.8) is 0 Å². The van der Waals surface area contributed by atoms with Crippen LogP contribution in [-0.4, -0.2) is 36.6 Å². The summed E-state index contributed by atoms with van der Waals surface area (Å²) in [5, 5.41) is 3.43. The molecular weight excluding hydrogens is 160 g/mol. The third-order valence-electron chi connectivity index (χ3n) is 3.79. The fraction of sp³-hybridized carbons (Fsp3) is 1.00. The van der Waals surface area contributed by atoms with E-state index >= 15 is 0 Å². The Hall–Kier alpha value is -0.0800. The summed E-state index contributed by atoms with van der Waals surface area (Å²) in [6, 6.07) is 0. The van der Waals surface area contributed by atoms with Crippen molar-refractivity contribution in [3.8, 4) is 0 Å². The molecule has 2 rings (SSSR count). The smallest absolute Gasteiger partial charge is 0.0165 e. The van der Waals surface area contributed by atoms with E-state index in [0.29, 0.717) is 5.54 Å². The molecule has 0 aromatic carbocycles. The lowest BCUT2D eigenvalue weighted by Gasteiger charge is -2.50. The molecule has 2 heteroatoms. The maximum Gasteiger partial charge on any atom is 0.0165 e. The van der Waals surface area contributed by atoms with Crippen molar-refractivity contribution in [3.05, 3.63) is 0 Å². The fourth-order valence-corrected chi connectivity index (χ4v) is 2.43. The van der Waals surface area contributed by atoms with Crippen LogP contribution >= 0.6 is 0 Å². The van der Waals surface area contributed by atoms with Gasteiger partial charge in [0.2, 0.25) is 0 Å². The van der Waals surface area contributed by atoms with Gasteiger partial charge in [-0.15, -0.1) is 0 Å². The molecule has 76 valence electrons. The Labute approximate surface area is 81.7 Å². The summed E-state index contributed by atoms with van der Waals surface area (Å²) in [4.78, 5) is 2.66. The van der Waals surface area contributed by atoms with Gasteiger partial charge in [-0.05, 0) is 52.1 Å². The molecule has 0 aromatic rings. The second kappa shape index (κ2) is 3.58. The first kappa shape index (κ1) is 9.47. The lowest BCUT2D eigenvalue weighted by molar-refractivity contribution is -0.00178. The van der Waals surface area contributed by atoms with Gasteiger partial charge in [0.1, 0.15) is 0 Å². The Kier molecular flexibility index (Phi) is 2.61. The Bertz CT molecular complexity index is 171. The molecule has 2 saturated heterocycles. The Morgan fingerprint density at radius 2 is 2.00 bits per heavy atom. The first-order valence-corrected chi connectivity index (χ1v) is 5.64. The Morgan fingerprint density at radius 3 is 2.46 bits per heavy atom. The molecule has 1 N–H and O–H groups in total. The number of nitrogens with zero attached hydrogens (tertiary/aromatic N) is 1. The number of piperidine rings is 1. The van der Waals surface area contributed by atoms with E-state index in [9.17, 15) is 0 Å². The molecule has 13 heavy (non-hydrogen) atoms. The van der Waals surface area contributed by atoms with Crippen LogP contribution in [0.5, 0.6) is 0 Å². The van der Waals surface area contributed by atoms with Gasteiger partial charge in [0.05, 0.1) is 0 Å². The zero-order valence-electron chi connectivity index (χ0n) is 8.97. The van der Waals surface area contributed by atoms with Crippen molar-refractivity contribution in [1.82, 2.24) is 10.2 Å². The molecule has 2 fully saturated rings. The highest BCUT2D eigenvalue weighted by atomic mass is 15.2. The number of nitrogens with one attached hydrogen (secondary N) is 1. The lowest BCUT2D eigenvalue weighted by Crippen LogP contribution is -2.57. The minimum absolute atomic E-state index is 0.505. The van der Waals surface area contributed by atoms with Gasteiger partial charge in [-0.2, -0.15) is 0 Å². The van der Waals surface area contributed by atoms with Crippen LogP contribution in [0.1, 0.15) is 33.1 Å². The van der Waals surface area contributed by atoms with Crippen LogP contribution in [-0.2, 0) is 0 Å². The minimum Gasteiger partial charge on any atom is -0.317 e. The largest absolute Gasteiger partial charge is 0.317 e. The molecule has 0 atom stereocenters. The second-order valence-corrected chi connectivity index (χ2v) is 5.20. The quantitative estimate of drug-likeness (QED) is 0.695. The minimum atomic E-state index is 0.505. The van der Waals surface area contributed by atoms with Crippen molar-refractivity contribution >= 4 is 0 Å². The SMILES string of the molecule is CC1(C)CCN1CC1CCNCC1. The predicted octanol–water partition coefficient (Wildman–Crippen LogP) is 1.47. The van der Waals surface area contributed by atoms with E-state index in [1.807, 2.05) is 0 Å². The summed E-state index contributed by atoms with van der Waals surface area (Å²) in [6.45, 7) is 9.89. The van der Waals surface area contributed by atoms with Gasteiger partial charge in [-0.1, -0.05) is 0 Å². The standard InChI is InChI=1S/C11H22N2/c1-11(2)5-8-13(11)9-10-3-6-12-7-4-10/h10,12H,3-9H2,1-2H3. The van der Waals surface area contributed by atoms with Gasteiger partial charge >= 0.3 is 0 Å². The molecule has 2 heterocycles. The van der Waals surface area contributed by atoms with E-state index in [4.69, 9.17) is 0 Å². The number of hydrogen-bond donors (Lipinski definition) is 1. The third kappa shape index (κ3) is 2.05. The van der Waals surface area contributed by atoms with Gasteiger partial charge < -0.3 is 5.32 Å². The molecule has 0 saturated carbocycles. The van der Waals surface area contributed by atoms with Gasteiger partial charge in [-0.3, -0.25) is 4.90 Å². The average molecular weight is 182 g/mol. The van der Waals surface area contributed by atoms with Gasteiger partial charge in [0, 0.05) is 18.6 Å². The molecule has 0 unspecified atom stereocenters. The topological polar surface area (TPSA) is 15.3 Å². The number of likely N-dealkylation sites (tertiary alicyclic amines) is 1. The Balaban J connectivity index is 1.77. The van der Waals surface area contributed by atoms with Crippen LogP contribution in [0.2, 0.25) is 0 Å². The zero-order valence-corrected chi connectivity index (χ0v) is 8.97. The summed E-state index contributed by atoms with van der Waals surface area (Å²) < 4.78 is 0. The average Bonchev–Trinajstić information content (AvgIpc) is 2.15. The molecule has 0 bridgehead atoms. The van der Waals surface area contributed by atoms with Crippen molar-refractivity contribution in [1.29, 1.82) is 0 Å². The van der Waals surface area contributed by atoms with E-state index in [1.54, 1.807) is 0 Å². The van der Waals surface area contributed by atoms with Crippen LogP contribution < -0.4 is 5.32 Å². The first-order chi connectivity index (χ1) is 6.18.